The number of nitrogens with zero attached hydrogens (tertiary/aromatic N) is 1. The third-order valence-electron chi connectivity index (χ3n) is 2.86. The van der Waals surface area contributed by atoms with Crippen LogP contribution in [0.25, 0.3) is 0 Å². The highest BCUT2D eigenvalue weighted by atomic mass is 35.5. The third kappa shape index (κ3) is 2.92. The largest absolute Gasteiger partial charge is 0.481 e. The summed E-state index contributed by atoms with van der Waals surface area (Å²) in [5.41, 5.74) is 0.963. The SMILES string of the molecule is O=C(O)CCN1CC(c2ccc(Cl)cc2)NC1=O. The van der Waals surface area contributed by atoms with Crippen molar-refractivity contribution in [3.63, 3.8) is 0 Å². The van der Waals surface area contributed by atoms with E-state index in [4.69, 9.17) is 16.7 Å². The number of benzene rings is 1. The normalized spacial score (nSPS) is 18.8. The van der Waals surface area contributed by atoms with E-state index in [0.717, 1.165) is 5.56 Å². The zero-order valence-corrected chi connectivity index (χ0v) is 10.4. The van der Waals surface area contributed by atoms with Crippen LogP contribution in [-0.2, 0) is 4.79 Å². The van der Waals surface area contributed by atoms with E-state index in [0.29, 0.717) is 11.6 Å². The minimum Gasteiger partial charge on any atom is -0.481 e. The Morgan fingerprint density at radius 1 is 1.44 bits per heavy atom. The van der Waals surface area contributed by atoms with Crippen LogP contribution >= 0.6 is 11.6 Å². The first-order chi connectivity index (χ1) is 8.56. The summed E-state index contributed by atoms with van der Waals surface area (Å²) in [6, 6.07) is 6.91. The van der Waals surface area contributed by atoms with Crippen molar-refractivity contribution >= 4 is 23.6 Å². The number of hydrogen-bond acceptors (Lipinski definition) is 2. The average molecular weight is 269 g/mol. The topological polar surface area (TPSA) is 69.6 Å². The molecule has 1 aliphatic rings. The van der Waals surface area contributed by atoms with Crippen molar-refractivity contribution in [2.75, 3.05) is 13.1 Å². The van der Waals surface area contributed by atoms with Crippen LogP contribution < -0.4 is 5.32 Å². The highest BCUT2D eigenvalue weighted by Crippen LogP contribution is 2.21. The van der Waals surface area contributed by atoms with Crippen molar-refractivity contribution in [2.45, 2.75) is 12.5 Å². The van der Waals surface area contributed by atoms with Crippen LogP contribution in [0.3, 0.4) is 0 Å². The van der Waals surface area contributed by atoms with Crippen molar-refractivity contribution in [1.82, 2.24) is 10.2 Å². The maximum absolute atomic E-state index is 11.6. The summed E-state index contributed by atoms with van der Waals surface area (Å²) in [5.74, 6) is -0.905. The standard InChI is InChI=1S/C12H13ClN2O3/c13-9-3-1-8(2-4-9)10-7-15(12(18)14-10)6-5-11(16)17/h1-4,10H,5-7H2,(H,14,18)(H,16,17). The van der Waals surface area contributed by atoms with Crippen LogP contribution in [0, 0.1) is 0 Å². The molecule has 2 N–H and O–H groups in total. The molecule has 0 spiro atoms. The number of halogens is 1. The van der Waals surface area contributed by atoms with Gasteiger partial charge >= 0.3 is 12.0 Å². The quantitative estimate of drug-likeness (QED) is 0.876. The molecule has 0 aliphatic carbocycles. The molecule has 1 unspecified atom stereocenters. The molecule has 1 fully saturated rings. The zero-order chi connectivity index (χ0) is 13.1. The van der Waals surface area contributed by atoms with Crippen molar-refractivity contribution in [3.05, 3.63) is 34.9 Å². The molecule has 6 heteroatoms. The maximum atomic E-state index is 11.6. The van der Waals surface area contributed by atoms with E-state index in [1.54, 1.807) is 12.1 Å². The molecular weight excluding hydrogens is 256 g/mol. The molecule has 2 rings (SSSR count). The summed E-state index contributed by atoms with van der Waals surface area (Å²) in [6.45, 7) is 0.707. The Balaban J connectivity index is 1.99. The molecule has 5 nitrogen and oxygen atoms in total. The lowest BCUT2D eigenvalue weighted by molar-refractivity contribution is -0.137. The predicted molar refractivity (Wildman–Crippen MR) is 66.6 cm³/mol. The molecule has 1 saturated heterocycles. The highest BCUT2D eigenvalue weighted by molar-refractivity contribution is 6.30. The number of carboxylic acids is 1. The van der Waals surface area contributed by atoms with Crippen LogP contribution in [0.15, 0.2) is 24.3 Å². The van der Waals surface area contributed by atoms with Gasteiger partial charge in [-0.05, 0) is 17.7 Å². The summed E-state index contributed by atoms with van der Waals surface area (Å²) >= 11 is 5.80. The number of urea groups is 1. The zero-order valence-electron chi connectivity index (χ0n) is 9.60. The lowest BCUT2D eigenvalue weighted by atomic mass is 10.1. The molecule has 0 saturated carbocycles. The van der Waals surface area contributed by atoms with E-state index >= 15 is 0 Å². The molecule has 1 aliphatic heterocycles. The fourth-order valence-electron chi connectivity index (χ4n) is 1.90. The summed E-state index contributed by atoms with van der Waals surface area (Å²) in [7, 11) is 0. The lowest BCUT2D eigenvalue weighted by Gasteiger charge is -2.13. The van der Waals surface area contributed by atoms with Gasteiger partial charge in [0, 0.05) is 18.1 Å². The Bertz CT molecular complexity index is 461. The number of hydrogen-bond donors (Lipinski definition) is 2. The highest BCUT2D eigenvalue weighted by Gasteiger charge is 2.29. The number of carbonyl (C=O) groups excluding carboxylic acids is 1. The first-order valence-corrected chi connectivity index (χ1v) is 5.97. The van der Waals surface area contributed by atoms with Gasteiger partial charge in [0.05, 0.1) is 12.5 Å². The Morgan fingerprint density at radius 3 is 2.72 bits per heavy atom. The molecule has 96 valence electrons. The molecule has 1 aromatic carbocycles. The molecular formula is C12H13ClN2O3. The first-order valence-electron chi connectivity index (χ1n) is 5.59. The average Bonchev–Trinajstić information content (AvgIpc) is 2.69. The number of carbonyl (C=O) groups is 2. The van der Waals surface area contributed by atoms with Crippen molar-refractivity contribution in [2.24, 2.45) is 0 Å². The van der Waals surface area contributed by atoms with Crippen LogP contribution in [0.5, 0.6) is 0 Å². The van der Waals surface area contributed by atoms with Gasteiger partial charge in [0.1, 0.15) is 0 Å². The molecule has 2 amide bonds. The molecule has 0 bridgehead atoms. The van der Waals surface area contributed by atoms with E-state index < -0.39 is 5.97 Å². The number of nitrogens with one attached hydrogen (secondary N) is 1. The number of amides is 2. The predicted octanol–water partition coefficient (Wildman–Crippen LogP) is 1.88. The van der Waals surface area contributed by atoms with Gasteiger partial charge in [0.15, 0.2) is 0 Å². The Kier molecular flexibility index (Phi) is 3.72. The Hall–Kier alpha value is -1.75. The monoisotopic (exact) mass is 268 g/mol. The number of rotatable bonds is 4. The fraction of sp³-hybridized carbons (Fsp3) is 0.333. The van der Waals surface area contributed by atoms with Crippen LogP contribution in [-0.4, -0.2) is 35.1 Å². The van der Waals surface area contributed by atoms with E-state index in [-0.39, 0.29) is 25.0 Å². The van der Waals surface area contributed by atoms with Crippen molar-refractivity contribution in [1.29, 1.82) is 0 Å². The summed E-state index contributed by atoms with van der Waals surface area (Å²) in [6.07, 6.45) is -0.0409. The summed E-state index contributed by atoms with van der Waals surface area (Å²) in [4.78, 5) is 23.6. The second-order valence-corrected chi connectivity index (χ2v) is 4.58. The van der Waals surface area contributed by atoms with Gasteiger partial charge in [0.2, 0.25) is 0 Å². The van der Waals surface area contributed by atoms with E-state index in [2.05, 4.69) is 5.32 Å². The fourth-order valence-corrected chi connectivity index (χ4v) is 2.02. The van der Waals surface area contributed by atoms with Gasteiger partial charge in [0.25, 0.3) is 0 Å². The lowest BCUT2D eigenvalue weighted by Crippen LogP contribution is -2.30. The van der Waals surface area contributed by atoms with E-state index in [9.17, 15) is 9.59 Å². The van der Waals surface area contributed by atoms with Crippen LogP contribution in [0.4, 0.5) is 4.79 Å². The second-order valence-electron chi connectivity index (χ2n) is 4.14. The molecule has 18 heavy (non-hydrogen) atoms. The number of aliphatic carboxylic acids is 1. The molecule has 0 aromatic heterocycles. The molecule has 0 radical (unpaired) electrons. The minimum absolute atomic E-state index is 0.0409. The van der Waals surface area contributed by atoms with Crippen molar-refractivity contribution in [3.8, 4) is 0 Å². The molecule has 1 atom stereocenters. The van der Waals surface area contributed by atoms with Crippen molar-refractivity contribution < 1.29 is 14.7 Å². The minimum atomic E-state index is -0.905. The summed E-state index contributed by atoms with van der Waals surface area (Å²) < 4.78 is 0. The smallest absolute Gasteiger partial charge is 0.318 e. The number of carboxylic acid groups (broad SMARTS) is 1. The Morgan fingerprint density at radius 2 is 2.11 bits per heavy atom. The molecule has 1 heterocycles. The molecule has 1 aromatic rings. The van der Waals surface area contributed by atoms with Crippen LogP contribution in [0.1, 0.15) is 18.0 Å². The van der Waals surface area contributed by atoms with Crippen LogP contribution in [0.2, 0.25) is 5.02 Å². The van der Waals surface area contributed by atoms with Gasteiger partial charge in [-0.15, -0.1) is 0 Å². The third-order valence-corrected chi connectivity index (χ3v) is 3.11. The van der Waals surface area contributed by atoms with Gasteiger partial charge < -0.3 is 15.3 Å². The van der Waals surface area contributed by atoms with Gasteiger partial charge in [-0.3, -0.25) is 4.79 Å². The Labute approximate surface area is 109 Å². The van der Waals surface area contributed by atoms with E-state index in [1.165, 1.54) is 4.90 Å². The second kappa shape index (κ2) is 5.27. The van der Waals surface area contributed by atoms with Gasteiger partial charge in [-0.1, -0.05) is 23.7 Å². The van der Waals surface area contributed by atoms with Gasteiger partial charge in [-0.25, -0.2) is 4.79 Å². The maximum Gasteiger partial charge on any atom is 0.318 e. The van der Waals surface area contributed by atoms with E-state index in [1.807, 2.05) is 12.1 Å². The van der Waals surface area contributed by atoms with Gasteiger partial charge in [-0.2, -0.15) is 0 Å². The summed E-state index contributed by atoms with van der Waals surface area (Å²) in [5, 5.41) is 12.1. The first kappa shape index (κ1) is 12.7.